The van der Waals surface area contributed by atoms with Crippen LogP contribution in [0.4, 0.5) is 0 Å². The zero-order valence-electron chi connectivity index (χ0n) is 19.0. The Hall–Kier alpha value is 0. The monoisotopic (exact) mass is 348 g/mol. The molecule has 2 saturated carbocycles. The van der Waals surface area contributed by atoms with Gasteiger partial charge in [0, 0.05) is 0 Å². The molecule has 2 fully saturated rings. The van der Waals surface area contributed by atoms with E-state index in [1.165, 1.54) is 51.4 Å². The molecule has 1 spiro atoms. The van der Waals surface area contributed by atoms with Crippen molar-refractivity contribution in [2.75, 3.05) is 0 Å². The lowest BCUT2D eigenvalue weighted by Gasteiger charge is -2.33. The summed E-state index contributed by atoms with van der Waals surface area (Å²) in [6, 6.07) is 0. The first-order chi connectivity index (χ1) is 11.8. The smallest absolute Gasteiger partial charge is 0.0114 e. The van der Waals surface area contributed by atoms with E-state index in [2.05, 4.69) is 62.3 Å². The summed E-state index contributed by atoms with van der Waals surface area (Å²) < 4.78 is 0. The van der Waals surface area contributed by atoms with E-state index in [4.69, 9.17) is 0 Å². The van der Waals surface area contributed by atoms with Crippen LogP contribution in [-0.4, -0.2) is 0 Å². The van der Waals surface area contributed by atoms with Crippen LogP contribution in [0.1, 0.15) is 114 Å². The van der Waals surface area contributed by atoms with E-state index in [-0.39, 0.29) is 0 Å². The molecular weight excluding hydrogens is 300 g/mol. The highest BCUT2D eigenvalue weighted by Gasteiger charge is 2.93. The molecule has 0 aromatic heterocycles. The zero-order chi connectivity index (χ0) is 19.0. The molecule has 0 amide bonds. The van der Waals surface area contributed by atoms with Gasteiger partial charge in [0.2, 0.25) is 0 Å². The van der Waals surface area contributed by atoms with Gasteiger partial charge in [-0.1, -0.05) is 94.4 Å². The van der Waals surface area contributed by atoms with Crippen LogP contribution in [0.2, 0.25) is 0 Å². The molecule has 0 aromatic carbocycles. The first kappa shape index (κ1) is 21.3. The maximum atomic E-state index is 2.65. The summed E-state index contributed by atoms with van der Waals surface area (Å²) in [4.78, 5) is 0. The molecule has 0 radical (unpaired) electrons. The van der Waals surface area contributed by atoms with E-state index >= 15 is 0 Å². The molecule has 0 aliphatic heterocycles. The Morgan fingerprint density at radius 3 is 2.00 bits per heavy atom. The van der Waals surface area contributed by atoms with Crippen LogP contribution in [0.5, 0.6) is 0 Å². The molecule has 2 aliphatic rings. The number of hydrogen-bond acceptors (Lipinski definition) is 0. The van der Waals surface area contributed by atoms with Gasteiger partial charge in [0.05, 0.1) is 0 Å². The Balaban J connectivity index is 2.26. The molecule has 0 saturated heterocycles. The SMILES string of the molecule is CCCC(C)C(CC)CC(C)C1(CCC)C(CC)C12C(C)C2(C)CC. The summed E-state index contributed by atoms with van der Waals surface area (Å²) in [6.07, 6.45) is 11.2. The van der Waals surface area contributed by atoms with Crippen molar-refractivity contribution in [2.24, 2.45) is 45.8 Å². The zero-order valence-corrected chi connectivity index (χ0v) is 19.0. The molecule has 0 heterocycles. The molecule has 0 aromatic rings. The molecule has 0 heteroatoms. The first-order valence-corrected chi connectivity index (χ1v) is 11.8. The van der Waals surface area contributed by atoms with Crippen molar-refractivity contribution in [1.29, 1.82) is 0 Å². The van der Waals surface area contributed by atoms with Gasteiger partial charge in [0.25, 0.3) is 0 Å². The fourth-order valence-corrected chi connectivity index (χ4v) is 8.49. The summed E-state index contributed by atoms with van der Waals surface area (Å²) in [5, 5.41) is 0. The van der Waals surface area contributed by atoms with E-state index < -0.39 is 0 Å². The van der Waals surface area contributed by atoms with E-state index in [0.717, 1.165) is 29.6 Å². The minimum absolute atomic E-state index is 0.619. The molecule has 25 heavy (non-hydrogen) atoms. The molecule has 148 valence electrons. The predicted octanol–water partition coefficient (Wildman–Crippen LogP) is 8.35. The normalized spacial score (nSPS) is 43.1. The van der Waals surface area contributed by atoms with E-state index in [1.54, 1.807) is 0 Å². The fraction of sp³-hybridized carbons (Fsp3) is 1.00. The quantitative estimate of drug-likeness (QED) is 0.352. The Bertz CT molecular complexity index is 439. The maximum absolute atomic E-state index is 2.65. The van der Waals surface area contributed by atoms with Gasteiger partial charge in [0.1, 0.15) is 0 Å². The summed E-state index contributed by atoms with van der Waals surface area (Å²) >= 11 is 0. The van der Waals surface area contributed by atoms with E-state index in [0.29, 0.717) is 16.2 Å². The minimum Gasteiger partial charge on any atom is -0.0654 e. The topological polar surface area (TPSA) is 0 Å². The van der Waals surface area contributed by atoms with Gasteiger partial charge in [-0.2, -0.15) is 0 Å². The molecule has 8 atom stereocenters. The highest BCUT2D eigenvalue weighted by molar-refractivity contribution is 5.39. The second kappa shape index (κ2) is 7.55. The second-order valence-electron chi connectivity index (χ2n) is 10.2. The van der Waals surface area contributed by atoms with Crippen molar-refractivity contribution >= 4 is 0 Å². The van der Waals surface area contributed by atoms with Crippen LogP contribution in [-0.2, 0) is 0 Å². The Morgan fingerprint density at radius 2 is 1.60 bits per heavy atom. The molecular formula is C25H48. The first-order valence-electron chi connectivity index (χ1n) is 11.8. The third-order valence-corrected chi connectivity index (χ3v) is 9.77. The summed E-state index contributed by atoms with van der Waals surface area (Å²) in [5.74, 6) is 4.67. The molecule has 0 bridgehead atoms. The summed E-state index contributed by atoms with van der Waals surface area (Å²) in [6.45, 7) is 22.5. The number of rotatable bonds is 11. The van der Waals surface area contributed by atoms with Crippen LogP contribution in [0.3, 0.4) is 0 Å². The maximum Gasteiger partial charge on any atom is -0.0114 e. The lowest BCUT2D eigenvalue weighted by atomic mass is 9.72. The van der Waals surface area contributed by atoms with Gasteiger partial charge in [-0.3, -0.25) is 0 Å². The Morgan fingerprint density at radius 1 is 0.960 bits per heavy atom. The highest BCUT2D eigenvalue weighted by Crippen LogP contribution is 2.97. The number of hydrogen-bond donors (Lipinski definition) is 0. The van der Waals surface area contributed by atoms with Gasteiger partial charge < -0.3 is 0 Å². The Kier molecular flexibility index (Phi) is 6.44. The molecule has 2 aliphatic carbocycles. The van der Waals surface area contributed by atoms with Gasteiger partial charge in [-0.25, -0.2) is 0 Å². The molecule has 2 rings (SSSR count). The van der Waals surface area contributed by atoms with Crippen LogP contribution in [0.15, 0.2) is 0 Å². The third-order valence-electron chi connectivity index (χ3n) is 9.77. The van der Waals surface area contributed by atoms with Crippen molar-refractivity contribution in [3.63, 3.8) is 0 Å². The van der Waals surface area contributed by atoms with Crippen LogP contribution in [0, 0.1) is 45.8 Å². The van der Waals surface area contributed by atoms with Crippen molar-refractivity contribution < 1.29 is 0 Å². The second-order valence-corrected chi connectivity index (χ2v) is 10.2. The van der Waals surface area contributed by atoms with Crippen LogP contribution >= 0.6 is 0 Å². The van der Waals surface area contributed by atoms with E-state index in [9.17, 15) is 0 Å². The van der Waals surface area contributed by atoms with Crippen molar-refractivity contribution in [3.8, 4) is 0 Å². The fourth-order valence-electron chi connectivity index (χ4n) is 8.49. The van der Waals surface area contributed by atoms with Gasteiger partial charge in [-0.15, -0.1) is 0 Å². The minimum atomic E-state index is 0.619. The van der Waals surface area contributed by atoms with Gasteiger partial charge in [0.15, 0.2) is 0 Å². The molecule has 0 N–H and O–H groups in total. The Labute approximate surface area is 159 Å². The van der Waals surface area contributed by atoms with Crippen LogP contribution < -0.4 is 0 Å². The summed E-state index contributed by atoms with van der Waals surface area (Å²) in [5.41, 5.74) is 1.96. The van der Waals surface area contributed by atoms with Gasteiger partial charge in [-0.05, 0) is 65.1 Å². The standard InChI is InChI=1S/C25H48/c1-10-15-18(6)21(12-3)17-19(7)24(16-11-2)22(13-4)25(24)20(8)23(25,9)14-5/h18-22H,10-17H2,1-9H3. The average Bonchev–Trinajstić information content (AvgIpc) is 3.37. The lowest BCUT2D eigenvalue weighted by Crippen LogP contribution is -2.24. The van der Waals surface area contributed by atoms with E-state index in [1.807, 2.05) is 0 Å². The largest absolute Gasteiger partial charge is 0.0654 e. The average molecular weight is 349 g/mol. The molecule has 8 unspecified atom stereocenters. The third kappa shape index (κ3) is 2.67. The van der Waals surface area contributed by atoms with Crippen molar-refractivity contribution in [2.45, 2.75) is 114 Å². The lowest BCUT2D eigenvalue weighted by molar-refractivity contribution is 0.168. The highest BCUT2D eigenvalue weighted by atomic mass is 15.0. The van der Waals surface area contributed by atoms with Gasteiger partial charge >= 0.3 is 0 Å². The molecule has 0 nitrogen and oxygen atoms in total. The van der Waals surface area contributed by atoms with Crippen LogP contribution in [0.25, 0.3) is 0 Å². The van der Waals surface area contributed by atoms with Crippen molar-refractivity contribution in [1.82, 2.24) is 0 Å². The van der Waals surface area contributed by atoms with Crippen molar-refractivity contribution in [3.05, 3.63) is 0 Å². The summed E-state index contributed by atoms with van der Waals surface area (Å²) in [7, 11) is 0. The predicted molar refractivity (Wildman–Crippen MR) is 113 cm³/mol.